The zero-order valence-corrected chi connectivity index (χ0v) is 11.7. The predicted octanol–water partition coefficient (Wildman–Crippen LogP) is 3.27. The molecule has 0 spiro atoms. The normalized spacial score (nSPS) is 15.7. The minimum Gasteiger partial charge on any atom is -0.384 e. The van der Waals surface area contributed by atoms with E-state index in [4.69, 9.17) is 9.84 Å². The molecule has 0 heterocycles. The van der Waals surface area contributed by atoms with Gasteiger partial charge in [-0.3, -0.25) is 0 Å². The van der Waals surface area contributed by atoms with Crippen LogP contribution in [0.15, 0.2) is 18.2 Å². The van der Waals surface area contributed by atoms with Gasteiger partial charge in [-0.2, -0.15) is 0 Å². The molecule has 0 unspecified atom stereocenters. The van der Waals surface area contributed by atoms with E-state index in [9.17, 15) is 4.39 Å². The Bertz CT molecular complexity index is 481. The monoisotopic (exact) mass is 276 g/mol. The summed E-state index contributed by atoms with van der Waals surface area (Å²) < 4.78 is 19.2. The van der Waals surface area contributed by atoms with Gasteiger partial charge in [0.25, 0.3) is 0 Å². The second kappa shape index (κ2) is 8.04. The summed E-state index contributed by atoms with van der Waals surface area (Å²) in [6.45, 7) is 1.02. The summed E-state index contributed by atoms with van der Waals surface area (Å²) in [4.78, 5) is 0. The van der Waals surface area contributed by atoms with Gasteiger partial charge >= 0.3 is 0 Å². The van der Waals surface area contributed by atoms with Crippen molar-refractivity contribution in [3.8, 4) is 11.8 Å². The summed E-state index contributed by atoms with van der Waals surface area (Å²) in [6.07, 6.45) is 6.49. The van der Waals surface area contributed by atoms with Gasteiger partial charge in [0.05, 0.1) is 12.2 Å². The van der Waals surface area contributed by atoms with E-state index in [1.807, 2.05) is 0 Å². The van der Waals surface area contributed by atoms with Crippen LogP contribution in [0, 0.1) is 23.6 Å². The molecule has 0 atom stereocenters. The van der Waals surface area contributed by atoms with Crippen LogP contribution in [-0.4, -0.2) is 18.3 Å². The highest BCUT2D eigenvalue weighted by molar-refractivity contribution is 5.38. The standard InChI is InChI=1S/C17H21FO2/c18-17-9-8-15(11-16(17)7-4-10-19)13-20-12-14-5-2-1-3-6-14/h8-9,11,14,19H,1-3,5-6,10,12-13H2. The third kappa shape index (κ3) is 4.63. The van der Waals surface area contributed by atoms with Gasteiger partial charge < -0.3 is 9.84 Å². The lowest BCUT2D eigenvalue weighted by molar-refractivity contribution is 0.0739. The Labute approximate surface area is 120 Å². The van der Waals surface area contributed by atoms with Crippen molar-refractivity contribution in [2.75, 3.05) is 13.2 Å². The molecule has 0 aliphatic heterocycles. The van der Waals surface area contributed by atoms with E-state index in [1.54, 1.807) is 12.1 Å². The number of aliphatic hydroxyl groups is 1. The number of hydrogen-bond donors (Lipinski definition) is 1. The van der Waals surface area contributed by atoms with E-state index in [0.717, 1.165) is 12.2 Å². The topological polar surface area (TPSA) is 29.5 Å². The first-order valence-corrected chi connectivity index (χ1v) is 7.25. The highest BCUT2D eigenvalue weighted by Gasteiger charge is 2.13. The molecule has 108 valence electrons. The van der Waals surface area contributed by atoms with Gasteiger partial charge in [-0.05, 0) is 36.5 Å². The second-order valence-electron chi connectivity index (χ2n) is 5.29. The first-order valence-electron chi connectivity index (χ1n) is 7.25. The van der Waals surface area contributed by atoms with Crippen LogP contribution in [-0.2, 0) is 11.3 Å². The molecule has 2 nitrogen and oxygen atoms in total. The van der Waals surface area contributed by atoms with Gasteiger partial charge in [0, 0.05) is 6.61 Å². The Morgan fingerprint density at radius 1 is 1.25 bits per heavy atom. The largest absolute Gasteiger partial charge is 0.384 e. The smallest absolute Gasteiger partial charge is 0.138 e. The third-order valence-electron chi connectivity index (χ3n) is 3.68. The number of rotatable bonds is 4. The molecule has 1 aliphatic carbocycles. The molecule has 0 saturated heterocycles. The maximum atomic E-state index is 13.5. The Morgan fingerprint density at radius 2 is 2.05 bits per heavy atom. The van der Waals surface area contributed by atoms with E-state index < -0.39 is 0 Å². The van der Waals surface area contributed by atoms with Gasteiger partial charge in [0.15, 0.2) is 0 Å². The van der Waals surface area contributed by atoms with Crippen LogP contribution in [0.3, 0.4) is 0 Å². The number of benzene rings is 1. The van der Waals surface area contributed by atoms with Crippen LogP contribution in [0.2, 0.25) is 0 Å². The lowest BCUT2D eigenvalue weighted by Gasteiger charge is -2.21. The summed E-state index contributed by atoms with van der Waals surface area (Å²) in [5.74, 6) is 5.40. The third-order valence-corrected chi connectivity index (χ3v) is 3.68. The van der Waals surface area contributed by atoms with Crippen LogP contribution in [0.5, 0.6) is 0 Å². The quantitative estimate of drug-likeness (QED) is 0.855. The summed E-state index contributed by atoms with van der Waals surface area (Å²) >= 11 is 0. The summed E-state index contributed by atoms with van der Waals surface area (Å²) in [7, 11) is 0. The number of aliphatic hydroxyl groups excluding tert-OH is 1. The summed E-state index contributed by atoms with van der Waals surface area (Å²) in [6, 6.07) is 4.82. The molecule has 0 amide bonds. The average molecular weight is 276 g/mol. The Kier molecular flexibility index (Phi) is 6.04. The van der Waals surface area contributed by atoms with Crippen molar-refractivity contribution in [3.63, 3.8) is 0 Å². The van der Waals surface area contributed by atoms with Gasteiger partial charge in [-0.25, -0.2) is 4.39 Å². The molecule has 0 radical (unpaired) electrons. The van der Waals surface area contributed by atoms with Crippen molar-refractivity contribution in [1.82, 2.24) is 0 Å². The van der Waals surface area contributed by atoms with Crippen LogP contribution in [0.1, 0.15) is 43.2 Å². The minimum atomic E-state index is -0.359. The highest BCUT2D eigenvalue weighted by atomic mass is 19.1. The molecule has 1 saturated carbocycles. The van der Waals surface area contributed by atoms with Gasteiger partial charge in [-0.1, -0.05) is 37.2 Å². The van der Waals surface area contributed by atoms with Gasteiger partial charge in [0.1, 0.15) is 12.4 Å². The first kappa shape index (κ1) is 15.0. The maximum absolute atomic E-state index is 13.5. The molecule has 1 aliphatic rings. The predicted molar refractivity (Wildman–Crippen MR) is 76.6 cm³/mol. The van der Waals surface area contributed by atoms with E-state index in [0.29, 0.717) is 18.1 Å². The highest BCUT2D eigenvalue weighted by Crippen LogP contribution is 2.24. The molecule has 3 heteroatoms. The first-order chi connectivity index (χ1) is 9.79. The van der Waals surface area contributed by atoms with Crippen molar-refractivity contribution in [3.05, 3.63) is 35.1 Å². The molecular formula is C17H21FO2. The lowest BCUT2D eigenvalue weighted by atomic mass is 9.90. The van der Waals surface area contributed by atoms with Crippen molar-refractivity contribution in [2.24, 2.45) is 5.92 Å². The lowest BCUT2D eigenvalue weighted by Crippen LogP contribution is -2.13. The average Bonchev–Trinajstić information content (AvgIpc) is 2.49. The molecule has 1 aromatic carbocycles. The van der Waals surface area contributed by atoms with Crippen molar-refractivity contribution in [2.45, 2.75) is 38.7 Å². The van der Waals surface area contributed by atoms with Crippen LogP contribution < -0.4 is 0 Å². The fraction of sp³-hybridized carbons (Fsp3) is 0.529. The van der Waals surface area contributed by atoms with E-state index >= 15 is 0 Å². The van der Waals surface area contributed by atoms with E-state index in [-0.39, 0.29) is 12.4 Å². The molecule has 1 aromatic rings. The van der Waals surface area contributed by atoms with Gasteiger partial charge in [-0.15, -0.1) is 0 Å². The number of ether oxygens (including phenoxy) is 1. The van der Waals surface area contributed by atoms with Crippen molar-refractivity contribution >= 4 is 0 Å². The van der Waals surface area contributed by atoms with Crippen LogP contribution in [0.25, 0.3) is 0 Å². The zero-order valence-electron chi connectivity index (χ0n) is 11.7. The summed E-state index contributed by atoms with van der Waals surface area (Å²) in [5.41, 5.74) is 1.24. The van der Waals surface area contributed by atoms with Crippen molar-refractivity contribution in [1.29, 1.82) is 0 Å². The SMILES string of the molecule is OCC#Cc1cc(COCC2CCCCC2)ccc1F. The fourth-order valence-corrected chi connectivity index (χ4v) is 2.59. The molecule has 0 bridgehead atoms. The van der Waals surface area contributed by atoms with E-state index in [2.05, 4.69) is 11.8 Å². The Balaban J connectivity index is 1.86. The fourth-order valence-electron chi connectivity index (χ4n) is 2.59. The van der Waals surface area contributed by atoms with Gasteiger partial charge in [0.2, 0.25) is 0 Å². The zero-order chi connectivity index (χ0) is 14.2. The Hall–Kier alpha value is -1.37. The van der Waals surface area contributed by atoms with Crippen molar-refractivity contribution < 1.29 is 14.2 Å². The maximum Gasteiger partial charge on any atom is 0.138 e. The molecule has 20 heavy (non-hydrogen) atoms. The summed E-state index contributed by atoms with van der Waals surface area (Å²) in [5, 5.41) is 8.65. The molecule has 2 rings (SSSR count). The second-order valence-corrected chi connectivity index (χ2v) is 5.29. The number of hydrogen-bond acceptors (Lipinski definition) is 2. The molecule has 0 aromatic heterocycles. The molecule has 1 N–H and O–H groups in total. The molecular weight excluding hydrogens is 255 g/mol. The Morgan fingerprint density at radius 3 is 2.80 bits per heavy atom. The van der Waals surface area contributed by atoms with Crippen LogP contribution >= 0.6 is 0 Å². The minimum absolute atomic E-state index is 0.262. The molecule has 1 fully saturated rings. The van der Waals surface area contributed by atoms with Crippen LogP contribution in [0.4, 0.5) is 4.39 Å². The van der Waals surface area contributed by atoms with E-state index in [1.165, 1.54) is 38.2 Å². The number of halogens is 1.